The first-order valence-electron chi connectivity index (χ1n) is 5.69. The van der Waals surface area contributed by atoms with Gasteiger partial charge in [0.05, 0.1) is 6.61 Å². The van der Waals surface area contributed by atoms with Crippen molar-refractivity contribution in [1.29, 1.82) is 0 Å². The Bertz CT molecular complexity index is 267. The van der Waals surface area contributed by atoms with Crippen LogP contribution in [0.5, 0.6) is 0 Å². The van der Waals surface area contributed by atoms with E-state index < -0.39 is 0 Å². The highest BCUT2D eigenvalue weighted by Gasteiger charge is 2.14. The zero-order valence-corrected chi connectivity index (χ0v) is 10.1. The van der Waals surface area contributed by atoms with Crippen molar-refractivity contribution in [2.24, 2.45) is 0 Å². The van der Waals surface area contributed by atoms with Gasteiger partial charge in [-0.1, -0.05) is 6.92 Å². The van der Waals surface area contributed by atoms with Crippen molar-refractivity contribution in [2.45, 2.75) is 31.7 Å². The van der Waals surface area contributed by atoms with E-state index in [1.807, 2.05) is 0 Å². The van der Waals surface area contributed by atoms with Gasteiger partial charge in [-0.05, 0) is 41.1 Å². The van der Waals surface area contributed by atoms with Gasteiger partial charge in [0.2, 0.25) is 0 Å². The molecule has 0 radical (unpaired) electrons. The van der Waals surface area contributed by atoms with E-state index in [0.717, 1.165) is 19.8 Å². The molecule has 2 atom stereocenters. The van der Waals surface area contributed by atoms with Crippen LogP contribution in [0, 0.1) is 0 Å². The van der Waals surface area contributed by atoms with Crippen LogP contribution in [0.15, 0.2) is 16.8 Å². The van der Waals surface area contributed by atoms with Crippen LogP contribution in [0.2, 0.25) is 0 Å². The van der Waals surface area contributed by atoms with Crippen LogP contribution >= 0.6 is 11.3 Å². The van der Waals surface area contributed by atoms with E-state index in [4.69, 9.17) is 4.74 Å². The molecule has 0 aliphatic carbocycles. The molecular weight excluding hydrogens is 206 g/mol. The first-order chi connectivity index (χ1) is 7.36. The Morgan fingerprint density at radius 2 is 2.60 bits per heavy atom. The van der Waals surface area contributed by atoms with E-state index in [2.05, 4.69) is 29.1 Å². The largest absolute Gasteiger partial charge is 0.380 e. The van der Waals surface area contributed by atoms with E-state index in [0.29, 0.717) is 12.0 Å². The standard InChI is InChI=1S/C12H19NOS/c1-10(11-4-6-15-9-11)7-13-12-3-2-5-14-8-12/h4,6,9-10,12-13H,2-3,5,7-8H2,1H3. The second-order valence-corrected chi connectivity index (χ2v) is 5.06. The van der Waals surface area contributed by atoms with E-state index in [9.17, 15) is 0 Å². The average Bonchev–Trinajstić information content (AvgIpc) is 2.81. The number of hydrogen-bond acceptors (Lipinski definition) is 3. The summed E-state index contributed by atoms with van der Waals surface area (Å²) < 4.78 is 5.44. The smallest absolute Gasteiger partial charge is 0.0619 e. The molecule has 0 amide bonds. The second kappa shape index (κ2) is 5.64. The second-order valence-electron chi connectivity index (χ2n) is 4.28. The minimum Gasteiger partial charge on any atom is -0.380 e. The highest BCUT2D eigenvalue weighted by Crippen LogP contribution is 2.17. The minimum absolute atomic E-state index is 0.569. The first kappa shape index (κ1) is 11.1. The van der Waals surface area contributed by atoms with Gasteiger partial charge in [0.25, 0.3) is 0 Å². The molecule has 2 heterocycles. The fraction of sp³-hybridized carbons (Fsp3) is 0.667. The van der Waals surface area contributed by atoms with Gasteiger partial charge in [0.15, 0.2) is 0 Å². The van der Waals surface area contributed by atoms with Crippen LogP contribution in [-0.4, -0.2) is 25.8 Å². The zero-order valence-electron chi connectivity index (χ0n) is 9.24. The van der Waals surface area contributed by atoms with Crippen LogP contribution in [-0.2, 0) is 4.74 Å². The lowest BCUT2D eigenvalue weighted by atomic mass is 10.0. The Morgan fingerprint density at radius 3 is 3.27 bits per heavy atom. The summed E-state index contributed by atoms with van der Waals surface area (Å²) in [5.74, 6) is 0.609. The predicted octanol–water partition coefficient (Wildman–Crippen LogP) is 2.62. The highest BCUT2D eigenvalue weighted by molar-refractivity contribution is 7.07. The average molecular weight is 225 g/mol. The molecule has 1 fully saturated rings. The fourth-order valence-corrected chi connectivity index (χ4v) is 2.70. The predicted molar refractivity (Wildman–Crippen MR) is 64.6 cm³/mol. The summed E-state index contributed by atoms with van der Waals surface area (Å²) in [5, 5.41) is 7.98. The van der Waals surface area contributed by atoms with E-state index in [-0.39, 0.29) is 0 Å². The van der Waals surface area contributed by atoms with Gasteiger partial charge in [-0.3, -0.25) is 0 Å². The maximum atomic E-state index is 5.44. The van der Waals surface area contributed by atoms with Gasteiger partial charge >= 0.3 is 0 Å². The molecule has 1 N–H and O–H groups in total. The van der Waals surface area contributed by atoms with Crippen LogP contribution in [0.3, 0.4) is 0 Å². The van der Waals surface area contributed by atoms with Crippen molar-refractivity contribution in [2.75, 3.05) is 19.8 Å². The number of ether oxygens (including phenoxy) is 1. The van der Waals surface area contributed by atoms with Crippen molar-refractivity contribution in [3.63, 3.8) is 0 Å². The molecule has 0 spiro atoms. The van der Waals surface area contributed by atoms with Crippen LogP contribution in [0.4, 0.5) is 0 Å². The van der Waals surface area contributed by atoms with Gasteiger partial charge in [-0.2, -0.15) is 11.3 Å². The van der Waals surface area contributed by atoms with Gasteiger partial charge in [-0.15, -0.1) is 0 Å². The van der Waals surface area contributed by atoms with Crippen molar-refractivity contribution in [1.82, 2.24) is 5.32 Å². The quantitative estimate of drug-likeness (QED) is 0.850. The molecule has 1 saturated heterocycles. The molecule has 0 saturated carbocycles. The molecular formula is C12H19NOS. The van der Waals surface area contributed by atoms with E-state index in [1.165, 1.54) is 18.4 Å². The summed E-state index contributed by atoms with van der Waals surface area (Å²) in [7, 11) is 0. The molecule has 1 aliphatic rings. The summed E-state index contributed by atoms with van der Waals surface area (Å²) in [6, 6.07) is 2.79. The van der Waals surface area contributed by atoms with Gasteiger partial charge in [0.1, 0.15) is 0 Å². The Labute approximate surface area is 95.6 Å². The highest BCUT2D eigenvalue weighted by atomic mass is 32.1. The molecule has 1 aromatic rings. The normalized spacial score (nSPS) is 23.9. The van der Waals surface area contributed by atoms with Gasteiger partial charge in [0, 0.05) is 19.2 Å². The van der Waals surface area contributed by atoms with Gasteiger partial charge in [-0.25, -0.2) is 0 Å². The lowest BCUT2D eigenvalue weighted by molar-refractivity contribution is 0.0702. The Balaban J connectivity index is 1.73. The van der Waals surface area contributed by atoms with Crippen LogP contribution in [0.1, 0.15) is 31.2 Å². The van der Waals surface area contributed by atoms with Crippen molar-refractivity contribution < 1.29 is 4.74 Å². The molecule has 3 heteroatoms. The fourth-order valence-electron chi connectivity index (χ4n) is 1.92. The third-order valence-electron chi connectivity index (χ3n) is 2.99. The van der Waals surface area contributed by atoms with Crippen LogP contribution in [0.25, 0.3) is 0 Å². The molecule has 2 nitrogen and oxygen atoms in total. The topological polar surface area (TPSA) is 21.3 Å². The molecule has 2 rings (SSSR count). The third-order valence-corrected chi connectivity index (χ3v) is 3.69. The molecule has 15 heavy (non-hydrogen) atoms. The number of rotatable bonds is 4. The van der Waals surface area contributed by atoms with E-state index >= 15 is 0 Å². The Kier molecular flexibility index (Phi) is 4.18. The summed E-state index contributed by atoms with van der Waals surface area (Å²) in [6.45, 7) is 5.16. The summed E-state index contributed by atoms with van der Waals surface area (Å²) in [6.07, 6.45) is 2.46. The SMILES string of the molecule is CC(CNC1CCCOC1)c1ccsc1. The number of nitrogens with one attached hydrogen (secondary N) is 1. The van der Waals surface area contributed by atoms with E-state index in [1.54, 1.807) is 11.3 Å². The summed E-state index contributed by atoms with van der Waals surface area (Å²) in [5.41, 5.74) is 1.45. The molecule has 84 valence electrons. The monoisotopic (exact) mass is 225 g/mol. The maximum absolute atomic E-state index is 5.44. The molecule has 0 aromatic carbocycles. The number of thiophene rings is 1. The number of hydrogen-bond donors (Lipinski definition) is 1. The summed E-state index contributed by atoms with van der Waals surface area (Å²) in [4.78, 5) is 0. The zero-order chi connectivity index (χ0) is 10.5. The first-order valence-corrected chi connectivity index (χ1v) is 6.64. The molecule has 1 aromatic heterocycles. The maximum Gasteiger partial charge on any atom is 0.0619 e. The van der Waals surface area contributed by atoms with Gasteiger partial charge < -0.3 is 10.1 Å². The van der Waals surface area contributed by atoms with Crippen molar-refractivity contribution >= 4 is 11.3 Å². The molecule has 0 bridgehead atoms. The summed E-state index contributed by atoms with van der Waals surface area (Å²) >= 11 is 1.78. The molecule has 2 unspecified atom stereocenters. The lowest BCUT2D eigenvalue weighted by Gasteiger charge is -2.24. The molecule has 1 aliphatic heterocycles. The minimum atomic E-state index is 0.569. The van der Waals surface area contributed by atoms with Crippen molar-refractivity contribution in [3.8, 4) is 0 Å². The van der Waals surface area contributed by atoms with Crippen LogP contribution < -0.4 is 5.32 Å². The lowest BCUT2D eigenvalue weighted by Crippen LogP contribution is -2.38. The van der Waals surface area contributed by atoms with Crippen molar-refractivity contribution in [3.05, 3.63) is 22.4 Å². The third kappa shape index (κ3) is 3.30. The Hall–Kier alpha value is -0.380. The Morgan fingerprint density at radius 1 is 1.67 bits per heavy atom.